The van der Waals surface area contributed by atoms with E-state index in [2.05, 4.69) is 30.0 Å². The van der Waals surface area contributed by atoms with E-state index in [0.29, 0.717) is 6.10 Å². The molecular formula is C11H23OP. The first kappa shape index (κ1) is 11.5. The average Bonchev–Trinajstić information content (AvgIpc) is 2.09. The predicted molar refractivity (Wildman–Crippen MR) is 60.9 cm³/mol. The zero-order chi connectivity index (χ0) is 9.90. The van der Waals surface area contributed by atoms with Crippen molar-refractivity contribution in [3.63, 3.8) is 0 Å². The van der Waals surface area contributed by atoms with Crippen LogP contribution in [0.4, 0.5) is 0 Å². The summed E-state index contributed by atoms with van der Waals surface area (Å²) in [5, 5.41) is -0.00370. The first-order chi connectivity index (χ1) is 6.05. The molecule has 4 unspecified atom stereocenters. The Morgan fingerprint density at radius 3 is 2.54 bits per heavy atom. The van der Waals surface area contributed by atoms with Crippen molar-refractivity contribution in [3.05, 3.63) is 0 Å². The summed E-state index contributed by atoms with van der Waals surface area (Å²) >= 11 is 0. The summed E-state index contributed by atoms with van der Waals surface area (Å²) in [6, 6.07) is 0. The van der Waals surface area contributed by atoms with E-state index in [0.717, 1.165) is 12.3 Å². The van der Waals surface area contributed by atoms with Gasteiger partial charge < -0.3 is 4.74 Å². The van der Waals surface area contributed by atoms with Gasteiger partial charge in [0.15, 0.2) is 0 Å². The molecule has 0 spiro atoms. The highest BCUT2D eigenvalue weighted by Crippen LogP contribution is 2.33. The number of ether oxygens (including phenoxy) is 1. The third kappa shape index (κ3) is 3.56. The Kier molecular flexibility index (Phi) is 4.19. The van der Waals surface area contributed by atoms with Crippen LogP contribution in [0.3, 0.4) is 0 Å². The van der Waals surface area contributed by atoms with Crippen LogP contribution >= 0.6 is 9.24 Å². The van der Waals surface area contributed by atoms with Crippen LogP contribution < -0.4 is 0 Å². The van der Waals surface area contributed by atoms with E-state index >= 15 is 0 Å². The summed E-state index contributed by atoms with van der Waals surface area (Å²) in [7, 11) is 2.83. The Morgan fingerprint density at radius 2 is 2.00 bits per heavy atom. The van der Waals surface area contributed by atoms with Gasteiger partial charge in [-0.05, 0) is 32.1 Å². The highest BCUT2D eigenvalue weighted by molar-refractivity contribution is 7.18. The second-order valence-corrected chi connectivity index (χ2v) is 5.81. The smallest absolute Gasteiger partial charge is 0.0786 e. The second kappa shape index (κ2) is 4.75. The Bertz CT molecular complexity index is 156. The van der Waals surface area contributed by atoms with Crippen LogP contribution in [0.15, 0.2) is 0 Å². The van der Waals surface area contributed by atoms with Crippen molar-refractivity contribution in [2.75, 3.05) is 0 Å². The fourth-order valence-corrected chi connectivity index (χ4v) is 2.06. The van der Waals surface area contributed by atoms with Gasteiger partial charge in [0.2, 0.25) is 0 Å². The van der Waals surface area contributed by atoms with E-state index in [1.165, 1.54) is 25.7 Å². The molecule has 4 atom stereocenters. The lowest BCUT2D eigenvalue weighted by atomic mass is 9.88. The molecule has 0 aromatic carbocycles. The summed E-state index contributed by atoms with van der Waals surface area (Å²) in [6.07, 6.45) is 6.90. The molecule has 0 aliphatic heterocycles. The van der Waals surface area contributed by atoms with Crippen LogP contribution in [-0.2, 0) is 4.74 Å². The van der Waals surface area contributed by atoms with Crippen molar-refractivity contribution < 1.29 is 4.74 Å². The third-order valence-electron chi connectivity index (χ3n) is 3.16. The van der Waals surface area contributed by atoms with E-state index in [1.54, 1.807) is 0 Å². The van der Waals surface area contributed by atoms with Gasteiger partial charge in [0.05, 0.1) is 11.4 Å². The molecule has 78 valence electrons. The maximum Gasteiger partial charge on any atom is 0.0786 e. The summed E-state index contributed by atoms with van der Waals surface area (Å²) < 4.78 is 6.10. The summed E-state index contributed by atoms with van der Waals surface area (Å²) in [5.41, 5.74) is 0. The zero-order valence-corrected chi connectivity index (χ0v) is 10.3. The van der Waals surface area contributed by atoms with Crippen molar-refractivity contribution in [1.29, 1.82) is 0 Å². The van der Waals surface area contributed by atoms with Crippen LogP contribution in [-0.4, -0.2) is 11.4 Å². The Balaban J connectivity index is 2.42. The number of rotatable bonds is 3. The molecule has 13 heavy (non-hydrogen) atoms. The topological polar surface area (TPSA) is 9.23 Å². The molecule has 1 aliphatic rings. The molecule has 0 N–H and O–H groups in total. The van der Waals surface area contributed by atoms with Gasteiger partial charge in [0.1, 0.15) is 0 Å². The minimum absolute atomic E-state index is 0.00370. The van der Waals surface area contributed by atoms with Gasteiger partial charge in [-0.25, -0.2) is 0 Å². The largest absolute Gasteiger partial charge is 0.368 e. The van der Waals surface area contributed by atoms with E-state index in [9.17, 15) is 0 Å². The molecule has 0 amide bonds. The highest BCUT2D eigenvalue weighted by Gasteiger charge is 2.27. The van der Waals surface area contributed by atoms with Crippen molar-refractivity contribution >= 4 is 9.24 Å². The van der Waals surface area contributed by atoms with E-state index in [1.807, 2.05) is 0 Å². The van der Waals surface area contributed by atoms with E-state index < -0.39 is 0 Å². The van der Waals surface area contributed by atoms with E-state index in [4.69, 9.17) is 4.74 Å². The first-order valence-electron chi connectivity index (χ1n) is 5.52. The average molecular weight is 202 g/mol. The minimum Gasteiger partial charge on any atom is -0.368 e. The summed E-state index contributed by atoms with van der Waals surface area (Å²) in [6.45, 7) is 6.67. The lowest BCUT2D eigenvalue weighted by Crippen LogP contribution is -2.33. The molecule has 1 fully saturated rings. The molecule has 1 saturated carbocycles. The molecule has 0 bridgehead atoms. The van der Waals surface area contributed by atoms with Gasteiger partial charge in [-0.3, -0.25) is 0 Å². The molecule has 0 aromatic heterocycles. The maximum atomic E-state index is 6.10. The Hall–Kier alpha value is 0.390. The maximum absolute atomic E-state index is 6.10. The molecule has 0 aromatic rings. The minimum atomic E-state index is -0.00370. The summed E-state index contributed by atoms with van der Waals surface area (Å²) in [4.78, 5) is 0. The quantitative estimate of drug-likeness (QED) is 0.635. The number of hydrogen-bond donors (Lipinski definition) is 0. The number of hydrogen-bond acceptors (Lipinski definition) is 1. The molecule has 0 heterocycles. The monoisotopic (exact) mass is 202 g/mol. The van der Waals surface area contributed by atoms with Gasteiger partial charge in [-0.2, -0.15) is 0 Å². The van der Waals surface area contributed by atoms with Crippen LogP contribution in [0.1, 0.15) is 52.9 Å². The lowest BCUT2D eigenvalue weighted by molar-refractivity contribution is -0.0678. The second-order valence-electron chi connectivity index (χ2n) is 4.58. The fraction of sp³-hybridized carbons (Fsp3) is 1.00. The van der Waals surface area contributed by atoms with Gasteiger partial charge in [0, 0.05) is 0 Å². The molecule has 1 nitrogen and oxygen atoms in total. The summed E-state index contributed by atoms with van der Waals surface area (Å²) in [5.74, 6) is 0.750. The van der Waals surface area contributed by atoms with Crippen LogP contribution in [0.2, 0.25) is 0 Å². The van der Waals surface area contributed by atoms with Crippen LogP contribution in [0, 0.1) is 5.92 Å². The predicted octanol–water partition coefficient (Wildman–Crippen LogP) is 3.58. The molecule has 0 radical (unpaired) electrons. The molecule has 0 saturated heterocycles. The van der Waals surface area contributed by atoms with Gasteiger partial charge in [0.25, 0.3) is 0 Å². The van der Waals surface area contributed by atoms with Crippen LogP contribution in [0.25, 0.3) is 0 Å². The van der Waals surface area contributed by atoms with Crippen LogP contribution in [0.5, 0.6) is 0 Å². The van der Waals surface area contributed by atoms with Crippen molar-refractivity contribution in [3.8, 4) is 0 Å². The van der Waals surface area contributed by atoms with Gasteiger partial charge >= 0.3 is 0 Å². The van der Waals surface area contributed by atoms with Crippen molar-refractivity contribution in [2.24, 2.45) is 5.92 Å². The molecule has 1 aliphatic carbocycles. The van der Waals surface area contributed by atoms with Gasteiger partial charge in [-0.15, -0.1) is 9.24 Å². The molecule has 2 heteroatoms. The highest BCUT2D eigenvalue weighted by atomic mass is 31.0. The molecule has 1 rings (SSSR count). The Morgan fingerprint density at radius 1 is 1.38 bits per heavy atom. The Labute approximate surface area is 84.8 Å². The fourth-order valence-electron chi connectivity index (χ4n) is 1.89. The first-order valence-corrected chi connectivity index (χ1v) is 6.09. The lowest BCUT2D eigenvalue weighted by Gasteiger charge is -2.35. The standard InChI is InChI=1S/C11H23OP/c1-4-11(3,13)12-10-8-6-5-7-9(10)2/h9-10H,4-8,13H2,1-3H3. The SMILES string of the molecule is CCC(C)(P)OC1CCCCC1C. The van der Waals surface area contributed by atoms with E-state index in [-0.39, 0.29) is 5.34 Å². The molecular weight excluding hydrogens is 179 g/mol. The zero-order valence-electron chi connectivity index (χ0n) is 9.18. The van der Waals surface area contributed by atoms with Crippen molar-refractivity contribution in [1.82, 2.24) is 0 Å². The normalized spacial score (nSPS) is 34.2. The van der Waals surface area contributed by atoms with Crippen molar-refractivity contribution in [2.45, 2.75) is 64.3 Å². The van der Waals surface area contributed by atoms with Gasteiger partial charge in [-0.1, -0.05) is 26.7 Å². The third-order valence-corrected chi connectivity index (χ3v) is 3.70.